The van der Waals surface area contributed by atoms with Gasteiger partial charge >= 0.3 is 0 Å². The maximum atomic E-state index is 12.5. The molecular weight excluding hydrogens is 318 g/mol. The van der Waals surface area contributed by atoms with Crippen LogP contribution in [-0.2, 0) is 0 Å². The van der Waals surface area contributed by atoms with E-state index in [9.17, 15) is 4.79 Å². The average molecular weight is 352 g/mol. The molecule has 3 heteroatoms. The summed E-state index contributed by atoms with van der Waals surface area (Å²) in [6, 6.07) is 7.10. The highest BCUT2D eigenvalue weighted by molar-refractivity contribution is 6.30. The summed E-state index contributed by atoms with van der Waals surface area (Å²) < 4.78 is 0. The Balaban J connectivity index is 2.88. The van der Waals surface area contributed by atoms with E-state index < -0.39 is 0 Å². The van der Waals surface area contributed by atoms with Gasteiger partial charge in [0.1, 0.15) is 0 Å². The fraction of sp³-hybridized carbons (Fsp3) is 0.667. The minimum absolute atomic E-state index is 0.00712. The van der Waals surface area contributed by atoms with Crippen LogP contribution in [0.4, 0.5) is 0 Å². The number of benzene rings is 1. The average Bonchev–Trinajstić information content (AvgIpc) is 2.43. The summed E-state index contributed by atoms with van der Waals surface area (Å²) in [7, 11) is 0. The molecule has 0 unspecified atom stereocenters. The first-order chi connectivity index (χ1) is 11.1. The molecular formula is C21H34ClNO. The molecule has 136 valence electrons. The van der Waals surface area contributed by atoms with E-state index >= 15 is 0 Å². The van der Waals surface area contributed by atoms with Crippen molar-refractivity contribution in [1.82, 2.24) is 5.32 Å². The maximum Gasteiger partial charge on any atom is 0.251 e. The number of nitrogens with one attached hydrogen (secondary N) is 1. The van der Waals surface area contributed by atoms with Crippen LogP contribution in [0.15, 0.2) is 24.3 Å². The van der Waals surface area contributed by atoms with Gasteiger partial charge in [-0.05, 0) is 66.7 Å². The summed E-state index contributed by atoms with van der Waals surface area (Å²) >= 11 is 5.91. The zero-order chi connectivity index (χ0) is 18.3. The fourth-order valence-corrected chi connectivity index (χ4v) is 4.16. The summed E-state index contributed by atoms with van der Waals surface area (Å²) in [5, 5.41) is 3.85. The monoisotopic (exact) mass is 351 g/mol. The lowest BCUT2D eigenvalue weighted by atomic mass is 9.69. The smallest absolute Gasteiger partial charge is 0.251 e. The van der Waals surface area contributed by atoms with Gasteiger partial charge in [0.2, 0.25) is 0 Å². The lowest BCUT2D eigenvalue weighted by molar-refractivity contribution is 0.0877. The second-order valence-corrected chi connectivity index (χ2v) is 8.92. The van der Waals surface area contributed by atoms with Gasteiger partial charge in [-0.25, -0.2) is 0 Å². The van der Waals surface area contributed by atoms with Gasteiger partial charge in [0.15, 0.2) is 0 Å². The third-order valence-electron chi connectivity index (χ3n) is 4.25. The van der Waals surface area contributed by atoms with E-state index in [-0.39, 0.29) is 11.3 Å². The van der Waals surface area contributed by atoms with Crippen LogP contribution in [0.3, 0.4) is 0 Å². The predicted molar refractivity (Wildman–Crippen MR) is 105 cm³/mol. The summed E-state index contributed by atoms with van der Waals surface area (Å²) in [5.41, 5.74) is 0.838. The van der Waals surface area contributed by atoms with Gasteiger partial charge in [-0.15, -0.1) is 0 Å². The number of hydrogen-bond acceptors (Lipinski definition) is 1. The van der Waals surface area contributed by atoms with Crippen molar-refractivity contribution in [3.63, 3.8) is 0 Å². The van der Waals surface area contributed by atoms with Crippen molar-refractivity contribution in [2.45, 2.75) is 60.8 Å². The van der Waals surface area contributed by atoms with E-state index in [1.807, 2.05) is 0 Å². The molecule has 1 rings (SSSR count). The van der Waals surface area contributed by atoms with Crippen molar-refractivity contribution in [1.29, 1.82) is 0 Å². The molecule has 0 heterocycles. The second-order valence-electron chi connectivity index (χ2n) is 8.48. The predicted octanol–water partition coefficient (Wildman–Crippen LogP) is 6.19. The number of carbonyl (C=O) groups is 1. The number of amides is 1. The normalized spacial score (nSPS) is 12.2. The van der Waals surface area contributed by atoms with Gasteiger partial charge in [-0.1, -0.05) is 53.1 Å². The molecule has 0 bridgehead atoms. The Bertz CT molecular complexity index is 479. The third kappa shape index (κ3) is 7.25. The Kier molecular flexibility index (Phi) is 8.29. The first kappa shape index (κ1) is 21.0. The highest BCUT2D eigenvalue weighted by Gasteiger charge is 2.33. The Labute approximate surface area is 153 Å². The van der Waals surface area contributed by atoms with Crippen molar-refractivity contribution >= 4 is 17.5 Å². The van der Waals surface area contributed by atoms with Crippen LogP contribution in [0.1, 0.15) is 71.2 Å². The molecule has 0 fully saturated rings. The molecule has 0 spiro atoms. The molecule has 1 aromatic carbocycles. The van der Waals surface area contributed by atoms with Crippen LogP contribution < -0.4 is 5.32 Å². The molecule has 24 heavy (non-hydrogen) atoms. The number of hydrogen-bond donors (Lipinski definition) is 1. The minimum Gasteiger partial charge on any atom is -0.351 e. The van der Waals surface area contributed by atoms with Gasteiger partial charge in [0.25, 0.3) is 5.91 Å². The minimum atomic E-state index is -0.00712. The summed E-state index contributed by atoms with van der Waals surface area (Å²) in [6.45, 7) is 14.4. The molecule has 1 amide bonds. The molecule has 0 atom stereocenters. The van der Waals surface area contributed by atoms with Crippen molar-refractivity contribution in [3.05, 3.63) is 34.9 Å². The van der Waals surface area contributed by atoms with Gasteiger partial charge in [-0.2, -0.15) is 0 Å². The van der Waals surface area contributed by atoms with Crippen molar-refractivity contribution in [3.8, 4) is 0 Å². The first-order valence-electron chi connectivity index (χ1n) is 9.17. The molecule has 1 aromatic rings. The van der Waals surface area contributed by atoms with E-state index in [1.54, 1.807) is 24.3 Å². The molecule has 1 N–H and O–H groups in total. The largest absolute Gasteiger partial charge is 0.351 e. The van der Waals surface area contributed by atoms with Crippen molar-refractivity contribution < 1.29 is 4.79 Å². The quantitative estimate of drug-likeness (QED) is 0.564. The summed E-state index contributed by atoms with van der Waals surface area (Å²) in [6.07, 6.45) is 3.43. The fourth-order valence-electron chi connectivity index (χ4n) is 4.04. The van der Waals surface area contributed by atoms with Crippen LogP contribution in [0.25, 0.3) is 0 Å². The lowest BCUT2D eigenvalue weighted by Gasteiger charge is -2.38. The zero-order valence-corrected chi connectivity index (χ0v) is 16.9. The lowest BCUT2D eigenvalue weighted by Crippen LogP contribution is -2.40. The molecule has 0 aliphatic heterocycles. The van der Waals surface area contributed by atoms with Crippen LogP contribution in [0.5, 0.6) is 0 Å². The zero-order valence-electron chi connectivity index (χ0n) is 16.2. The molecule has 0 saturated carbocycles. The van der Waals surface area contributed by atoms with Crippen molar-refractivity contribution in [2.24, 2.45) is 23.2 Å². The Morgan fingerprint density at radius 2 is 1.33 bits per heavy atom. The highest BCUT2D eigenvalue weighted by Crippen LogP contribution is 2.39. The van der Waals surface area contributed by atoms with Gasteiger partial charge in [-0.3, -0.25) is 4.79 Å². The maximum absolute atomic E-state index is 12.5. The number of carbonyl (C=O) groups excluding carboxylic acids is 1. The van der Waals surface area contributed by atoms with Crippen molar-refractivity contribution in [2.75, 3.05) is 6.54 Å². The van der Waals surface area contributed by atoms with Gasteiger partial charge in [0.05, 0.1) is 0 Å². The Morgan fingerprint density at radius 1 is 0.917 bits per heavy atom. The standard InChI is InChI=1S/C21H34ClNO/c1-15(2)11-21(12-16(3)4,13-17(5)6)14-23-20(24)18-7-9-19(22)10-8-18/h7-10,15-17H,11-14H2,1-6H3,(H,23,24). The molecule has 0 aromatic heterocycles. The number of rotatable bonds is 9. The summed E-state index contributed by atoms with van der Waals surface area (Å²) in [4.78, 5) is 12.5. The Hall–Kier alpha value is -1.02. The molecule has 0 aliphatic rings. The van der Waals surface area contributed by atoms with E-state index in [0.717, 1.165) is 25.8 Å². The second kappa shape index (κ2) is 9.46. The third-order valence-corrected chi connectivity index (χ3v) is 4.51. The van der Waals surface area contributed by atoms with Crippen LogP contribution in [-0.4, -0.2) is 12.5 Å². The highest BCUT2D eigenvalue weighted by atomic mass is 35.5. The number of halogens is 1. The first-order valence-corrected chi connectivity index (χ1v) is 9.55. The van der Waals surface area contributed by atoms with E-state index in [4.69, 9.17) is 11.6 Å². The van der Waals surface area contributed by atoms with Crippen LogP contribution in [0, 0.1) is 23.2 Å². The molecule has 0 radical (unpaired) electrons. The van der Waals surface area contributed by atoms with E-state index in [0.29, 0.717) is 28.3 Å². The van der Waals surface area contributed by atoms with E-state index in [1.165, 1.54) is 0 Å². The molecule has 2 nitrogen and oxygen atoms in total. The molecule has 0 aliphatic carbocycles. The van der Waals surface area contributed by atoms with Crippen LogP contribution >= 0.6 is 11.6 Å². The van der Waals surface area contributed by atoms with Gasteiger partial charge < -0.3 is 5.32 Å². The summed E-state index contributed by atoms with van der Waals surface area (Å²) in [5.74, 6) is 1.85. The topological polar surface area (TPSA) is 29.1 Å². The van der Waals surface area contributed by atoms with Crippen LogP contribution in [0.2, 0.25) is 5.02 Å². The van der Waals surface area contributed by atoms with E-state index in [2.05, 4.69) is 46.9 Å². The molecule has 0 saturated heterocycles. The Morgan fingerprint density at radius 3 is 1.71 bits per heavy atom. The van der Waals surface area contributed by atoms with Gasteiger partial charge in [0, 0.05) is 17.1 Å². The SMILES string of the molecule is CC(C)CC(CNC(=O)c1ccc(Cl)cc1)(CC(C)C)CC(C)C.